The minimum absolute atomic E-state index is 0.152. The van der Waals surface area contributed by atoms with Crippen LogP contribution in [0.1, 0.15) is 31.7 Å². The number of aliphatic hydroxyl groups is 1. The standard InChI is InChI=1S/C16H23BrN2O2/c1-11-8-15(18-9-13(11)17)19-6-3-4-14(19)12-10-21-7-5-16(12,2)20/h8-9,12,14,20H,3-7,10H2,1-2H3/t12-,14+,16+/m0/s1. The van der Waals surface area contributed by atoms with Crippen molar-refractivity contribution in [1.82, 2.24) is 4.98 Å². The molecule has 0 bridgehead atoms. The Morgan fingerprint density at radius 3 is 3.05 bits per heavy atom. The van der Waals surface area contributed by atoms with Gasteiger partial charge in [-0.25, -0.2) is 4.98 Å². The zero-order valence-corrected chi connectivity index (χ0v) is 14.3. The number of anilines is 1. The summed E-state index contributed by atoms with van der Waals surface area (Å²) >= 11 is 3.51. The van der Waals surface area contributed by atoms with E-state index in [0.717, 1.165) is 36.1 Å². The van der Waals surface area contributed by atoms with E-state index in [9.17, 15) is 5.11 Å². The van der Waals surface area contributed by atoms with Gasteiger partial charge in [0.15, 0.2) is 0 Å². The molecule has 2 saturated heterocycles. The molecule has 3 heterocycles. The second-order valence-corrected chi connectivity index (χ2v) is 7.34. The van der Waals surface area contributed by atoms with Gasteiger partial charge in [-0.3, -0.25) is 0 Å². The van der Waals surface area contributed by atoms with E-state index in [1.807, 2.05) is 13.1 Å². The summed E-state index contributed by atoms with van der Waals surface area (Å²) in [7, 11) is 0. The molecule has 0 unspecified atom stereocenters. The van der Waals surface area contributed by atoms with Gasteiger partial charge in [0.25, 0.3) is 0 Å². The summed E-state index contributed by atoms with van der Waals surface area (Å²) in [5, 5.41) is 10.7. The summed E-state index contributed by atoms with van der Waals surface area (Å²) in [6.45, 7) is 6.35. The predicted octanol–water partition coefficient (Wildman–Crippen LogP) is 2.91. The van der Waals surface area contributed by atoms with E-state index in [1.54, 1.807) is 0 Å². The normalized spacial score (nSPS) is 33.4. The smallest absolute Gasteiger partial charge is 0.129 e. The van der Waals surface area contributed by atoms with E-state index in [4.69, 9.17) is 4.74 Å². The van der Waals surface area contributed by atoms with Crippen molar-refractivity contribution in [2.75, 3.05) is 24.7 Å². The lowest BCUT2D eigenvalue weighted by Gasteiger charge is -2.43. The molecular weight excluding hydrogens is 332 g/mol. The fourth-order valence-corrected chi connectivity index (χ4v) is 3.77. The first-order chi connectivity index (χ1) is 9.99. The molecule has 0 amide bonds. The molecule has 2 aliphatic heterocycles. The van der Waals surface area contributed by atoms with Gasteiger partial charge in [0.1, 0.15) is 5.82 Å². The molecule has 0 aromatic carbocycles. The third kappa shape index (κ3) is 2.96. The van der Waals surface area contributed by atoms with Gasteiger partial charge < -0.3 is 14.7 Å². The van der Waals surface area contributed by atoms with Crippen LogP contribution in [0.2, 0.25) is 0 Å². The van der Waals surface area contributed by atoms with Gasteiger partial charge in [0.05, 0.1) is 12.2 Å². The molecule has 0 spiro atoms. The number of aromatic nitrogens is 1. The number of hydrogen-bond donors (Lipinski definition) is 1. The number of ether oxygens (including phenoxy) is 1. The maximum Gasteiger partial charge on any atom is 0.129 e. The molecule has 0 radical (unpaired) electrons. The van der Waals surface area contributed by atoms with E-state index in [1.165, 1.54) is 5.56 Å². The van der Waals surface area contributed by atoms with Crippen LogP contribution in [0.5, 0.6) is 0 Å². The molecule has 1 N–H and O–H groups in total. The van der Waals surface area contributed by atoms with Crippen LogP contribution in [0.15, 0.2) is 16.7 Å². The Hall–Kier alpha value is -0.650. The number of rotatable bonds is 2. The molecule has 3 atom stereocenters. The molecule has 5 heteroatoms. The minimum Gasteiger partial charge on any atom is -0.390 e. The SMILES string of the molecule is Cc1cc(N2CCC[C@@H]2[C@@H]2COCC[C@@]2(C)O)ncc1Br. The molecule has 21 heavy (non-hydrogen) atoms. The summed E-state index contributed by atoms with van der Waals surface area (Å²) in [5.41, 5.74) is 0.549. The van der Waals surface area contributed by atoms with E-state index in [2.05, 4.69) is 38.8 Å². The van der Waals surface area contributed by atoms with Gasteiger partial charge in [-0.05, 0) is 60.7 Å². The number of pyridine rings is 1. The first-order valence-corrected chi connectivity index (χ1v) is 8.47. The lowest BCUT2D eigenvalue weighted by Crippen LogP contribution is -2.52. The highest BCUT2D eigenvalue weighted by Crippen LogP contribution is 2.37. The largest absolute Gasteiger partial charge is 0.390 e. The van der Waals surface area contributed by atoms with Crippen LogP contribution in [-0.2, 0) is 4.74 Å². The van der Waals surface area contributed by atoms with Crippen LogP contribution < -0.4 is 4.90 Å². The Bertz CT molecular complexity index is 521. The maximum atomic E-state index is 10.7. The topological polar surface area (TPSA) is 45.6 Å². The first kappa shape index (κ1) is 15.3. The monoisotopic (exact) mass is 354 g/mol. The Labute approximate surface area is 134 Å². The first-order valence-electron chi connectivity index (χ1n) is 7.68. The third-order valence-electron chi connectivity index (χ3n) is 4.94. The van der Waals surface area contributed by atoms with Crippen LogP contribution in [0.3, 0.4) is 0 Å². The van der Waals surface area contributed by atoms with Gasteiger partial charge in [-0.2, -0.15) is 0 Å². The molecule has 3 rings (SSSR count). The second kappa shape index (κ2) is 5.86. The fraction of sp³-hybridized carbons (Fsp3) is 0.688. The third-order valence-corrected chi connectivity index (χ3v) is 5.77. The molecule has 116 valence electrons. The van der Waals surface area contributed by atoms with E-state index in [-0.39, 0.29) is 5.92 Å². The van der Waals surface area contributed by atoms with Crippen LogP contribution in [0, 0.1) is 12.8 Å². The van der Waals surface area contributed by atoms with E-state index in [0.29, 0.717) is 19.3 Å². The van der Waals surface area contributed by atoms with Gasteiger partial charge >= 0.3 is 0 Å². The maximum absolute atomic E-state index is 10.7. The van der Waals surface area contributed by atoms with Gasteiger partial charge in [0, 0.05) is 35.8 Å². The van der Waals surface area contributed by atoms with Gasteiger partial charge in [-0.1, -0.05) is 0 Å². The summed E-state index contributed by atoms with van der Waals surface area (Å²) in [5.74, 6) is 1.17. The van der Waals surface area contributed by atoms with Crippen molar-refractivity contribution in [3.63, 3.8) is 0 Å². The van der Waals surface area contributed by atoms with Crippen molar-refractivity contribution >= 4 is 21.7 Å². The Balaban J connectivity index is 1.86. The molecule has 1 aromatic rings. The molecule has 2 fully saturated rings. The average molecular weight is 355 g/mol. The summed E-state index contributed by atoms with van der Waals surface area (Å²) in [4.78, 5) is 6.92. The van der Waals surface area contributed by atoms with Crippen LogP contribution in [0.25, 0.3) is 0 Å². The fourth-order valence-electron chi connectivity index (χ4n) is 3.56. The Kier molecular flexibility index (Phi) is 4.26. The number of nitrogens with zero attached hydrogens (tertiary/aromatic N) is 2. The van der Waals surface area contributed by atoms with Crippen molar-refractivity contribution in [2.45, 2.75) is 44.8 Å². The summed E-state index contributed by atoms with van der Waals surface area (Å²) < 4.78 is 6.68. The molecule has 4 nitrogen and oxygen atoms in total. The molecular formula is C16H23BrN2O2. The highest BCUT2D eigenvalue weighted by atomic mass is 79.9. The van der Waals surface area contributed by atoms with Crippen molar-refractivity contribution in [2.24, 2.45) is 5.92 Å². The van der Waals surface area contributed by atoms with Crippen molar-refractivity contribution < 1.29 is 9.84 Å². The summed E-state index contributed by atoms with van der Waals surface area (Å²) in [6, 6.07) is 2.44. The van der Waals surface area contributed by atoms with E-state index >= 15 is 0 Å². The minimum atomic E-state index is -0.643. The van der Waals surface area contributed by atoms with Crippen molar-refractivity contribution in [3.05, 3.63) is 22.3 Å². The highest BCUT2D eigenvalue weighted by molar-refractivity contribution is 9.10. The molecule has 2 aliphatic rings. The quantitative estimate of drug-likeness (QED) is 0.886. The molecule has 1 aromatic heterocycles. The van der Waals surface area contributed by atoms with Gasteiger partial charge in [0.2, 0.25) is 0 Å². The molecule has 0 saturated carbocycles. The van der Waals surface area contributed by atoms with Crippen LogP contribution >= 0.6 is 15.9 Å². The Morgan fingerprint density at radius 2 is 2.33 bits per heavy atom. The van der Waals surface area contributed by atoms with Crippen molar-refractivity contribution in [3.8, 4) is 0 Å². The zero-order valence-electron chi connectivity index (χ0n) is 12.7. The number of hydrogen-bond acceptors (Lipinski definition) is 4. The van der Waals surface area contributed by atoms with Crippen LogP contribution in [0.4, 0.5) is 5.82 Å². The lowest BCUT2D eigenvalue weighted by molar-refractivity contribution is -0.108. The number of halogens is 1. The average Bonchev–Trinajstić information content (AvgIpc) is 2.90. The predicted molar refractivity (Wildman–Crippen MR) is 86.6 cm³/mol. The second-order valence-electron chi connectivity index (χ2n) is 6.48. The summed E-state index contributed by atoms with van der Waals surface area (Å²) in [6.07, 6.45) is 4.83. The lowest BCUT2D eigenvalue weighted by atomic mass is 9.79. The number of aryl methyl sites for hydroxylation is 1. The Morgan fingerprint density at radius 1 is 1.52 bits per heavy atom. The van der Waals surface area contributed by atoms with Gasteiger partial charge in [-0.15, -0.1) is 0 Å². The highest BCUT2D eigenvalue weighted by Gasteiger charge is 2.44. The van der Waals surface area contributed by atoms with E-state index < -0.39 is 5.60 Å². The van der Waals surface area contributed by atoms with Crippen molar-refractivity contribution in [1.29, 1.82) is 0 Å². The van der Waals surface area contributed by atoms with Crippen LogP contribution in [-0.4, -0.2) is 41.5 Å². The molecule has 0 aliphatic carbocycles. The zero-order chi connectivity index (χ0) is 15.0.